The van der Waals surface area contributed by atoms with Crippen LogP contribution in [0.5, 0.6) is 0 Å². The van der Waals surface area contributed by atoms with Gasteiger partial charge in [-0.3, -0.25) is 4.90 Å². The lowest BCUT2D eigenvalue weighted by Crippen LogP contribution is -2.34. The average Bonchev–Trinajstić information content (AvgIpc) is 2.40. The van der Waals surface area contributed by atoms with Crippen LogP contribution < -0.4 is 5.32 Å². The Morgan fingerprint density at radius 2 is 2.28 bits per heavy atom. The van der Waals surface area contributed by atoms with Gasteiger partial charge in [0.1, 0.15) is 5.82 Å². The Balaban J connectivity index is 2.19. The van der Waals surface area contributed by atoms with E-state index in [2.05, 4.69) is 41.3 Å². The van der Waals surface area contributed by atoms with E-state index in [1.165, 1.54) is 49.9 Å². The highest BCUT2D eigenvalue weighted by atomic mass is 15.2. The van der Waals surface area contributed by atoms with Gasteiger partial charge < -0.3 is 5.32 Å². The maximum absolute atomic E-state index is 4.53. The van der Waals surface area contributed by atoms with Gasteiger partial charge in [-0.25, -0.2) is 4.98 Å². The van der Waals surface area contributed by atoms with E-state index >= 15 is 0 Å². The number of rotatable bonds is 4. The fourth-order valence-electron chi connectivity index (χ4n) is 2.96. The number of anilines is 1. The number of likely N-dealkylation sites (tertiary alicyclic amines) is 1. The quantitative estimate of drug-likeness (QED) is 0.884. The largest absolute Gasteiger partial charge is 0.373 e. The van der Waals surface area contributed by atoms with Crippen LogP contribution in [0.15, 0.2) is 12.3 Å². The molecule has 1 fully saturated rings. The predicted molar refractivity (Wildman–Crippen MR) is 77.0 cm³/mol. The average molecular weight is 247 g/mol. The summed E-state index contributed by atoms with van der Waals surface area (Å²) < 4.78 is 0. The van der Waals surface area contributed by atoms with E-state index < -0.39 is 0 Å². The molecule has 1 aliphatic heterocycles. The van der Waals surface area contributed by atoms with E-state index in [4.69, 9.17) is 0 Å². The molecule has 0 spiro atoms. The van der Waals surface area contributed by atoms with Gasteiger partial charge in [0.15, 0.2) is 0 Å². The zero-order valence-corrected chi connectivity index (χ0v) is 11.9. The number of hydrogen-bond acceptors (Lipinski definition) is 3. The van der Waals surface area contributed by atoms with Crippen molar-refractivity contribution in [1.82, 2.24) is 9.88 Å². The van der Waals surface area contributed by atoms with Crippen LogP contribution in [0.25, 0.3) is 0 Å². The maximum atomic E-state index is 4.53. The van der Waals surface area contributed by atoms with Crippen molar-refractivity contribution in [3.8, 4) is 0 Å². The molecule has 0 amide bonds. The van der Waals surface area contributed by atoms with E-state index in [1.54, 1.807) is 0 Å². The molecule has 2 heterocycles. The van der Waals surface area contributed by atoms with Crippen molar-refractivity contribution in [2.45, 2.75) is 45.6 Å². The highest BCUT2D eigenvalue weighted by molar-refractivity contribution is 5.44. The van der Waals surface area contributed by atoms with Crippen molar-refractivity contribution in [3.63, 3.8) is 0 Å². The fraction of sp³-hybridized carbons (Fsp3) is 0.667. The smallest absolute Gasteiger partial charge is 0.128 e. The minimum Gasteiger partial charge on any atom is -0.373 e. The lowest BCUT2D eigenvalue weighted by Gasteiger charge is -2.35. The molecule has 0 aliphatic carbocycles. The van der Waals surface area contributed by atoms with Gasteiger partial charge in [-0.2, -0.15) is 0 Å². The summed E-state index contributed by atoms with van der Waals surface area (Å²) in [6, 6.07) is 2.88. The summed E-state index contributed by atoms with van der Waals surface area (Å²) in [5, 5.41) is 3.14. The molecule has 1 aliphatic rings. The van der Waals surface area contributed by atoms with Gasteiger partial charge in [0.05, 0.1) is 0 Å². The van der Waals surface area contributed by atoms with Crippen LogP contribution in [-0.2, 0) is 0 Å². The zero-order valence-electron chi connectivity index (χ0n) is 11.9. The first-order chi connectivity index (χ1) is 8.76. The monoisotopic (exact) mass is 247 g/mol. The number of aromatic nitrogens is 1. The van der Waals surface area contributed by atoms with Crippen molar-refractivity contribution < 1.29 is 0 Å². The molecule has 3 nitrogen and oxygen atoms in total. The first kappa shape index (κ1) is 13.3. The third-order valence-corrected chi connectivity index (χ3v) is 3.85. The summed E-state index contributed by atoms with van der Waals surface area (Å²) in [6.07, 6.45) is 7.25. The van der Waals surface area contributed by atoms with E-state index in [9.17, 15) is 0 Å². The van der Waals surface area contributed by atoms with Crippen molar-refractivity contribution in [3.05, 3.63) is 23.4 Å². The number of aryl methyl sites for hydroxylation is 1. The second-order valence-electron chi connectivity index (χ2n) is 5.23. The normalized spacial score (nSPS) is 20.9. The Kier molecular flexibility index (Phi) is 4.59. The van der Waals surface area contributed by atoms with Crippen molar-refractivity contribution in [1.29, 1.82) is 0 Å². The van der Waals surface area contributed by atoms with Gasteiger partial charge in [0, 0.05) is 19.3 Å². The molecule has 2 rings (SSSR count). The molecule has 0 bridgehead atoms. The third kappa shape index (κ3) is 2.83. The van der Waals surface area contributed by atoms with Crippen LogP contribution in [0.1, 0.15) is 49.8 Å². The zero-order chi connectivity index (χ0) is 13.0. The molecular weight excluding hydrogens is 222 g/mol. The van der Waals surface area contributed by atoms with Crippen LogP contribution in [-0.4, -0.2) is 30.0 Å². The molecule has 1 atom stereocenters. The lowest BCUT2D eigenvalue weighted by molar-refractivity contribution is 0.149. The molecule has 1 saturated heterocycles. The highest BCUT2D eigenvalue weighted by Gasteiger charge is 2.23. The first-order valence-electron chi connectivity index (χ1n) is 7.14. The minimum atomic E-state index is 0.579. The van der Waals surface area contributed by atoms with Crippen LogP contribution in [0.4, 0.5) is 5.82 Å². The van der Waals surface area contributed by atoms with Gasteiger partial charge in [0.2, 0.25) is 0 Å². The molecular formula is C15H25N3. The van der Waals surface area contributed by atoms with Gasteiger partial charge in [-0.05, 0) is 56.5 Å². The summed E-state index contributed by atoms with van der Waals surface area (Å²) in [6.45, 7) is 6.84. The molecule has 0 saturated carbocycles. The molecule has 0 radical (unpaired) electrons. The Hall–Kier alpha value is -1.09. The predicted octanol–water partition coefficient (Wildman–Crippen LogP) is 3.37. The van der Waals surface area contributed by atoms with Gasteiger partial charge in [-0.15, -0.1) is 0 Å². The van der Waals surface area contributed by atoms with Crippen LogP contribution in [0.2, 0.25) is 0 Å². The third-order valence-electron chi connectivity index (χ3n) is 3.85. The molecule has 3 heteroatoms. The van der Waals surface area contributed by atoms with Gasteiger partial charge >= 0.3 is 0 Å². The molecule has 100 valence electrons. The molecule has 0 unspecified atom stereocenters. The molecule has 1 aromatic heterocycles. The molecule has 1 N–H and O–H groups in total. The molecule has 0 aromatic carbocycles. The van der Waals surface area contributed by atoms with E-state index in [-0.39, 0.29) is 0 Å². The number of piperidine rings is 1. The topological polar surface area (TPSA) is 28.2 Å². The van der Waals surface area contributed by atoms with Gasteiger partial charge in [0.25, 0.3) is 0 Å². The van der Waals surface area contributed by atoms with Crippen LogP contribution >= 0.6 is 0 Å². The van der Waals surface area contributed by atoms with E-state index in [0.717, 1.165) is 5.82 Å². The lowest BCUT2D eigenvalue weighted by atomic mass is 9.95. The Bertz CT molecular complexity index is 387. The van der Waals surface area contributed by atoms with Crippen LogP contribution in [0, 0.1) is 6.92 Å². The Morgan fingerprint density at radius 1 is 1.44 bits per heavy atom. The van der Waals surface area contributed by atoms with E-state index in [0.29, 0.717) is 6.04 Å². The summed E-state index contributed by atoms with van der Waals surface area (Å²) in [4.78, 5) is 7.15. The number of pyridine rings is 1. The second-order valence-corrected chi connectivity index (χ2v) is 5.23. The fourth-order valence-corrected chi connectivity index (χ4v) is 2.96. The molecule has 18 heavy (non-hydrogen) atoms. The Labute approximate surface area is 111 Å². The Morgan fingerprint density at radius 3 is 2.94 bits per heavy atom. The number of nitrogens with one attached hydrogen (secondary N) is 1. The standard InChI is InChI=1S/C15H25N3/c1-4-8-18-9-6-5-7-14(18)13-10-12(2)15(16-3)17-11-13/h10-11,14H,4-9H2,1-3H3,(H,16,17)/t14-/m0/s1. The van der Waals surface area contributed by atoms with Crippen LogP contribution in [0.3, 0.4) is 0 Å². The van der Waals surface area contributed by atoms with E-state index in [1.807, 2.05) is 7.05 Å². The van der Waals surface area contributed by atoms with Gasteiger partial charge in [-0.1, -0.05) is 13.3 Å². The maximum Gasteiger partial charge on any atom is 0.128 e. The van der Waals surface area contributed by atoms with Crippen molar-refractivity contribution in [2.75, 3.05) is 25.5 Å². The van der Waals surface area contributed by atoms with Crippen molar-refractivity contribution >= 4 is 5.82 Å². The minimum absolute atomic E-state index is 0.579. The SMILES string of the molecule is CCCN1CCCC[C@H]1c1cnc(NC)c(C)c1. The highest BCUT2D eigenvalue weighted by Crippen LogP contribution is 2.31. The summed E-state index contributed by atoms with van der Waals surface area (Å²) in [5.41, 5.74) is 2.64. The number of nitrogens with zero attached hydrogens (tertiary/aromatic N) is 2. The summed E-state index contributed by atoms with van der Waals surface area (Å²) >= 11 is 0. The summed E-state index contributed by atoms with van der Waals surface area (Å²) in [5.74, 6) is 0.997. The van der Waals surface area contributed by atoms with Crippen molar-refractivity contribution in [2.24, 2.45) is 0 Å². The first-order valence-corrected chi connectivity index (χ1v) is 7.14. The molecule has 1 aromatic rings. The summed E-state index contributed by atoms with van der Waals surface area (Å²) in [7, 11) is 1.93. The number of hydrogen-bond donors (Lipinski definition) is 1. The second kappa shape index (κ2) is 6.19.